The summed E-state index contributed by atoms with van der Waals surface area (Å²) in [5, 5.41) is 12.6. The number of benzene rings is 1. The van der Waals surface area contributed by atoms with E-state index >= 15 is 0 Å². The minimum atomic E-state index is -0.283. The quantitative estimate of drug-likeness (QED) is 0.664. The van der Waals surface area contributed by atoms with E-state index in [1.807, 2.05) is 25.1 Å². The van der Waals surface area contributed by atoms with Gasteiger partial charge in [0.1, 0.15) is 0 Å². The van der Waals surface area contributed by atoms with Crippen LogP contribution in [0.2, 0.25) is 0 Å². The number of hydrogen-bond acceptors (Lipinski definition) is 3. The monoisotopic (exact) mass is 208 g/mol. The number of rotatable bonds is 4. The molecule has 0 aliphatic rings. The lowest BCUT2D eigenvalue weighted by Crippen LogP contribution is -2.21. The lowest BCUT2D eigenvalue weighted by molar-refractivity contribution is 0.179. The fraction of sp³-hybridized carbons (Fsp3) is 0.500. The SMILES string of the molecule is Cc1c(N)cccc1NC(C)CC(C)O. The minimum absolute atomic E-state index is 0.241. The molecule has 1 rings (SSSR count). The van der Waals surface area contributed by atoms with Crippen molar-refractivity contribution in [1.82, 2.24) is 0 Å². The van der Waals surface area contributed by atoms with E-state index < -0.39 is 0 Å². The molecule has 0 aliphatic heterocycles. The summed E-state index contributed by atoms with van der Waals surface area (Å²) in [4.78, 5) is 0. The Hall–Kier alpha value is -1.22. The highest BCUT2D eigenvalue weighted by Gasteiger charge is 2.07. The highest BCUT2D eigenvalue weighted by atomic mass is 16.3. The first-order valence-corrected chi connectivity index (χ1v) is 5.30. The van der Waals surface area contributed by atoms with Gasteiger partial charge in [0.05, 0.1) is 6.10 Å². The van der Waals surface area contributed by atoms with Gasteiger partial charge in [-0.3, -0.25) is 0 Å². The molecule has 15 heavy (non-hydrogen) atoms. The van der Waals surface area contributed by atoms with Gasteiger partial charge in [-0.2, -0.15) is 0 Å². The zero-order valence-corrected chi connectivity index (χ0v) is 9.62. The molecule has 0 heterocycles. The average molecular weight is 208 g/mol. The summed E-state index contributed by atoms with van der Waals surface area (Å²) < 4.78 is 0. The van der Waals surface area contributed by atoms with E-state index in [-0.39, 0.29) is 12.1 Å². The molecule has 0 spiro atoms. The van der Waals surface area contributed by atoms with Gasteiger partial charge < -0.3 is 16.2 Å². The van der Waals surface area contributed by atoms with Crippen molar-refractivity contribution in [1.29, 1.82) is 0 Å². The molecule has 0 aromatic heterocycles. The first-order chi connectivity index (χ1) is 7.00. The van der Waals surface area contributed by atoms with Crippen LogP contribution < -0.4 is 11.1 Å². The van der Waals surface area contributed by atoms with Gasteiger partial charge >= 0.3 is 0 Å². The lowest BCUT2D eigenvalue weighted by atomic mass is 10.1. The van der Waals surface area contributed by atoms with Crippen LogP contribution in [-0.4, -0.2) is 17.3 Å². The van der Waals surface area contributed by atoms with Crippen LogP contribution in [0.5, 0.6) is 0 Å². The molecular formula is C12H20N2O. The van der Waals surface area contributed by atoms with Crippen LogP contribution in [0.25, 0.3) is 0 Å². The summed E-state index contributed by atoms with van der Waals surface area (Å²) >= 11 is 0. The molecule has 4 N–H and O–H groups in total. The van der Waals surface area contributed by atoms with Crippen molar-refractivity contribution >= 4 is 11.4 Å². The Morgan fingerprint density at radius 2 is 2.07 bits per heavy atom. The Morgan fingerprint density at radius 1 is 1.40 bits per heavy atom. The Morgan fingerprint density at radius 3 is 2.67 bits per heavy atom. The maximum Gasteiger partial charge on any atom is 0.0531 e. The number of nitrogens with two attached hydrogens (primary N) is 1. The van der Waals surface area contributed by atoms with E-state index in [0.717, 1.165) is 23.4 Å². The zero-order valence-electron chi connectivity index (χ0n) is 9.62. The first kappa shape index (κ1) is 11.9. The van der Waals surface area contributed by atoms with Crippen LogP contribution in [0.4, 0.5) is 11.4 Å². The van der Waals surface area contributed by atoms with Crippen molar-refractivity contribution in [3.63, 3.8) is 0 Å². The molecule has 0 bridgehead atoms. The van der Waals surface area contributed by atoms with Gasteiger partial charge in [-0.05, 0) is 44.9 Å². The van der Waals surface area contributed by atoms with Crippen LogP contribution in [-0.2, 0) is 0 Å². The van der Waals surface area contributed by atoms with Crippen molar-refractivity contribution in [3.8, 4) is 0 Å². The molecule has 1 aromatic rings. The van der Waals surface area contributed by atoms with E-state index in [2.05, 4.69) is 12.2 Å². The Balaban J connectivity index is 2.68. The van der Waals surface area contributed by atoms with Crippen LogP contribution in [0.15, 0.2) is 18.2 Å². The van der Waals surface area contributed by atoms with Crippen molar-refractivity contribution in [2.75, 3.05) is 11.1 Å². The molecule has 3 nitrogen and oxygen atoms in total. The van der Waals surface area contributed by atoms with Gasteiger partial charge in [-0.1, -0.05) is 6.07 Å². The minimum Gasteiger partial charge on any atom is -0.398 e. The summed E-state index contributed by atoms with van der Waals surface area (Å²) in [6, 6.07) is 6.06. The van der Waals surface area contributed by atoms with Crippen LogP contribution in [0, 0.1) is 6.92 Å². The molecule has 3 heteroatoms. The fourth-order valence-electron chi connectivity index (χ4n) is 1.65. The molecule has 0 saturated heterocycles. The number of anilines is 2. The first-order valence-electron chi connectivity index (χ1n) is 5.30. The molecule has 0 amide bonds. The third-order valence-electron chi connectivity index (χ3n) is 2.47. The zero-order chi connectivity index (χ0) is 11.4. The van der Waals surface area contributed by atoms with E-state index in [1.54, 1.807) is 6.92 Å². The van der Waals surface area contributed by atoms with E-state index in [1.165, 1.54) is 0 Å². The van der Waals surface area contributed by atoms with E-state index in [0.29, 0.717) is 0 Å². The van der Waals surface area contributed by atoms with Gasteiger partial charge in [0.15, 0.2) is 0 Å². The highest BCUT2D eigenvalue weighted by molar-refractivity contribution is 5.63. The molecule has 0 radical (unpaired) electrons. The lowest BCUT2D eigenvalue weighted by Gasteiger charge is -2.18. The van der Waals surface area contributed by atoms with Gasteiger partial charge in [0.2, 0.25) is 0 Å². The van der Waals surface area contributed by atoms with Gasteiger partial charge in [0, 0.05) is 17.4 Å². The van der Waals surface area contributed by atoms with E-state index in [9.17, 15) is 5.11 Å². The summed E-state index contributed by atoms with van der Waals surface area (Å²) in [5.74, 6) is 0. The third-order valence-corrected chi connectivity index (χ3v) is 2.47. The Labute approximate surface area is 91.3 Å². The third kappa shape index (κ3) is 3.44. The molecule has 0 aliphatic carbocycles. The Kier molecular flexibility index (Phi) is 3.97. The topological polar surface area (TPSA) is 58.3 Å². The van der Waals surface area contributed by atoms with Crippen LogP contribution in [0.3, 0.4) is 0 Å². The maximum atomic E-state index is 9.26. The number of nitrogen functional groups attached to an aromatic ring is 1. The second-order valence-electron chi connectivity index (χ2n) is 4.15. The summed E-state index contributed by atoms with van der Waals surface area (Å²) in [5.41, 5.74) is 8.71. The van der Waals surface area contributed by atoms with Crippen molar-refractivity contribution in [2.24, 2.45) is 0 Å². The molecule has 0 saturated carbocycles. The van der Waals surface area contributed by atoms with Gasteiger partial charge in [-0.15, -0.1) is 0 Å². The number of aliphatic hydroxyl groups is 1. The number of nitrogens with one attached hydrogen (secondary N) is 1. The second-order valence-corrected chi connectivity index (χ2v) is 4.15. The molecular weight excluding hydrogens is 188 g/mol. The van der Waals surface area contributed by atoms with Crippen molar-refractivity contribution in [2.45, 2.75) is 39.3 Å². The second kappa shape index (κ2) is 5.03. The molecule has 84 valence electrons. The van der Waals surface area contributed by atoms with Crippen LogP contribution in [0.1, 0.15) is 25.8 Å². The predicted molar refractivity (Wildman–Crippen MR) is 65.0 cm³/mol. The molecule has 2 unspecified atom stereocenters. The highest BCUT2D eigenvalue weighted by Crippen LogP contribution is 2.21. The van der Waals surface area contributed by atoms with Gasteiger partial charge in [-0.25, -0.2) is 0 Å². The molecule has 1 aromatic carbocycles. The fourth-order valence-corrected chi connectivity index (χ4v) is 1.65. The normalized spacial score (nSPS) is 14.7. The summed E-state index contributed by atoms with van der Waals surface area (Å²) in [6.45, 7) is 5.84. The largest absolute Gasteiger partial charge is 0.398 e. The van der Waals surface area contributed by atoms with Crippen molar-refractivity contribution < 1.29 is 5.11 Å². The summed E-state index contributed by atoms with van der Waals surface area (Å²) in [6.07, 6.45) is 0.447. The predicted octanol–water partition coefficient (Wildman–Crippen LogP) is 2.15. The number of aliphatic hydroxyl groups excluding tert-OH is 1. The maximum absolute atomic E-state index is 9.26. The summed E-state index contributed by atoms with van der Waals surface area (Å²) in [7, 11) is 0. The average Bonchev–Trinajstić information content (AvgIpc) is 2.11. The molecule has 0 fully saturated rings. The van der Waals surface area contributed by atoms with Crippen LogP contribution >= 0.6 is 0 Å². The van der Waals surface area contributed by atoms with Gasteiger partial charge in [0.25, 0.3) is 0 Å². The number of hydrogen-bond donors (Lipinski definition) is 3. The van der Waals surface area contributed by atoms with E-state index in [4.69, 9.17) is 5.73 Å². The Bertz CT molecular complexity index is 323. The standard InChI is InChI=1S/C12H20N2O/c1-8(7-9(2)15)14-12-6-4-5-11(13)10(12)3/h4-6,8-9,14-15H,7,13H2,1-3H3. The molecule has 2 atom stereocenters. The smallest absolute Gasteiger partial charge is 0.0531 e. The van der Waals surface area contributed by atoms with Crippen molar-refractivity contribution in [3.05, 3.63) is 23.8 Å².